The van der Waals surface area contributed by atoms with Gasteiger partial charge in [0.2, 0.25) is 0 Å². The fourth-order valence-electron chi connectivity index (χ4n) is 2.03. The number of ether oxygens (including phenoxy) is 1. The molecule has 0 aliphatic rings. The predicted molar refractivity (Wildman–Crippen MR) is 85.5 cm³/mol. The molecule has 1 heterocycles. The maximum Gasteiger partial charge on any atom is 0.142 e. The number of benzene rings is 2. The van der Waals surface area contributed by atoms with Crippen LogP contribution in [-0.4, -0.2) is 12.0 Å². The molecule has 20 heavy (non-hydrogen) atoms. The molecule has 0 atom stereocenters. The molecule has 0 saturated heterocycles. The van der Waals surface area contributed by atoms with Crippen LogP contribution in [0.1, 0.15) is 0 Å². The summed E-state index contributed by atoms with van der Waals surface area (Å²) in [6.45, 7) is 0. The first kappa shape index (κ1) is 12.9. The van der Waals surface area contributed by atoms with Crippen LogP contribution in [0.25, 0.3) is 10.8 Å². The van der Waals surface area contributed by atoms with Crippen molar-refractivity contribution in [2.24, 2.45) is 0 Å². The van der Waals surface area contributed by atoms with E-state index in [2.05, 4.69) is 44.4 Å². The van der Waals surface area contributed by atoms with E-state index in [0.717, 1.165) is 27.2 Å². The van der Waals surface area contributed by atoms with Crippen molar-refractivity contribution in [1.29, 1.82) is 0 Å². The minimum atomic E-state index is 0.750. The van der Waals surface area contributed by atoms with Gasteiger partial charge in [0.25, 0.3) is 0 Å². The number of hydrogen-bond acceptors (Lipinski definition) is 3. The first-order valence-corrected chi connectivity index (χ1v) is 7.06. The first-order valence-electron chi connectivity index (χ1n) is 6.27. The number of hydrogen-bond donors (Lipinski definition) is 1. The van der Waals surface area contributed by atoms with Gasteiger partial charge in [-0.15, -0.1) is 0 Å². The van der Waals surface area contributed by atoms with Gasteiger partial charge in [-0.1, -0.05) is 30.3 Å². The molecule has 0 bridgehead atoms. The summed E-state index contributed by atoms with van der Waals surface area (Å²) in [6, 6.07) is 15.9. The van der Waals surface area contributed by atoms with E-state index in [-0.39, 0.29) is 0 Å². The van der Waals surface area contributed by atoms with Crippen LogP contribution >= 0.6 is 15.9 Å². The molecule has 0 radical (unpaired) electrons. The lowest BCUT2D eigenvalue weighted by Crippen LogP contribution is -1.93. The Kier molecular flexibility index (Phi) is 3.56. The third-order valence-electron chi connectivity index (χ3n) is 3.04. The van der Waals surface area contributed by atoms with Crippen molar-refractivity contribution in [2.75, 3.05) is 12.4 Å². The molecule has 4 heteroatoms. The molecular formula is C16H13BrN2O. The van der Waals surface area contributed by atoms with E-state index in [1.807, 2.05) is 37.4 Å². The molecule has 0 unspecified atom stereocenters. The Bertz CT molecular complexity index is 758. The van der Waals surface area contributed by atoms with Crippen LogP contribution in [0.4, 0.5) is 5.82 Å². The number of fused-ring (bicyclic) bond motifs is 1. The second kappa shape index (κ2) is 5.51. The number of nitrogens with zero attached hydrogens (tertiary/aromatic N) is 1. The predicted octanol–water partition coefficient (Wildman–Crippen LogP) is 4.83. The summed E-state index contributed by atoms with van der Waals surface area (Å²) in [4.78, 5) is 4.17. The summed E-state index contributed by atoms with van der Waals surface area (Å²) < 4.78 is 6.89. The van der Waals surface area contributed by atoms with Crippen molar-refractivity contribution in [2.45, 2.75) is 0 Å². The van der Waals surface area contributed by atoms with Gasteiger partial charge in [0.05, 0.1) is 4.47 Å². The van der Waals surface area contributed by atoms with Crippen molar-refractivity contribution < 1.29 is 4.74 Å². The van der Waals surface area contributed by atoms with Gasteiger partial charge >= 0.3 is 0 Å². The largest absolute Gasteiger partial charge is 0.456 e. The number of halogens is 1. The third-order valence-corrected chi connectivity index (χ3v) is 3.86. The van der Waals surface area contributed by atoms with E-state index in [9.17, 15) is 0 Å². The van der Waals surface area contributed by atoms with Crippen LogP contribution in [0, 0.1) is 0 Å². The fourth-order valence-corrected chi connectivity index (χ4v) is 2.60. The number of nitrogens with one attached hydrogen (secondary N) is 1. The molecule has 0 spiro atoms. The molecule has 100 valence electrons. The molecule has 0 saturated carbocycles. The van der Waals surface area contributed by atoms with Gasteiger partial charge in [-0.25, -0.2) is 4.98 Å². The number of aromatic nitrogens is 1. The average molecular weight is 329 g/mol. The Morgan fingerprint density at radius 1 is 1.10 bits per heavy atom. The summed E-state index contributed by atoms with van der Waals surface area (Å²) >= 11 is 3.62. The zero-order valence-electron chi connectivity index (χ0n) is 10.9. The topological polar surface area (TPSA) is 34.1 Å². The second-order valence-electron chi connectivity index (χ2n) is 4.33. The van der Waals surface area contributed by atoms with Gasteiger partial charge in [-0.2, -0.15) is 0 Å². The van der Waals surface area contributed by atoms with Gasteiger partial charge in [0, 0.05) is 19.3 Å². The molecule has 0 amide bonds. The van der Waals surface area contributed by atoms with Crippen molar-refractivity contribution in [3.8, 4) is 11.5 Å². The Morgan fingerprint density at radius 3 is 2.80 bits per heavy atom. The monoisotopic (exact) mass is 328 g/mol. The highest BCUT2D eigenvalue weighted by Gasteiger charge is 2.07. The molecule has 3 nitrogen and oxygen atoms in total. The van der Waals surface area contributed by atoms with Crippen LogP contribution in [0.3, 0.4) is 0 Å². The van der Waals surface area contributed by atoms with E-state index in [1.54, 1.807) is 6.20 Å². The molecule has 3 aromatic rings. The highest BCUT2D eigenvalue weighted by molar-refractivity contribution is 9.10. The normalized spacial score (nSPS) is 10.5. The van der Waals surface area contributed by atoms with Gasteiger partial charge in [-0.3, -0.25) is 0 Å². The number of pyridine rings is 1. The quantitative estimate of drug-likeness (QED) is 0.747. The minimum absolute atomic E-state index is 0.750. The maximum absolute atomic E-state index is 5.93. The average Bonchev–Trinajstić information content (AvgIpc) is 2.50. The Balaban J connectivity index is 2.00. The van der Waals surface area contributed by atoms with Crippen LogP contribution in [0.5, 0.6) is 11.5 Å². The molecule has 0 fully saturated rings. The number of rotatable bonds is 3. The lowest BCUT2D eigenvalue weighted by Gasteiger charge is -2.10. The standard InChI is InChI=1S/C16H13BrN2O/c1-18-15-10-12(8-9-19-15)20-14-7-6-11-4-2-3-5-13(11)16(14)17/h2-10H,1H3,(H,18,19). The summed E-state index contributed by atoms with van der Waals surface area (Å²) in [5.74, 6) is 2.32. The molecular weight excluding hydrogens is 316 g/mol. The van der Waals surface area contributed by atoms with Crippen LogP contribution in [0.15, 0.2) is 59.2 Å². The molecule has 3 rings (SSSR count). The highest BCUT2D eigenvalue weighted by atomic mass is 79.9. The summed E-state index contributed by atoms with van der Waals surface area (Å²) in [5.41, 5.74) is 0. The molecule has 1 N–H and O–H groups in total. The summed E-state index contributed by atoms with van der Waals surface area (Å²) in [6.07, 6.45) is 1.72. The van der Waals surface area contributed by atoms with Gasteiger partial charge in [0.15, 0.2) is 0 Å². The Labute approximate surface area is 125 Å². The molecule has 0 aliphatic carbocycles. The minimum Gasteiger partial charge on any atom is -0.456 e. The zero-order valence-corrected chi connectivity index (χ0v) is 12.5. The zero-order chi connectivity index (χ0) is 13.9. The van der Waals surface area contributed by atoms with Crippen molar-refractivity contribution in [3.63, 3.8) is 0 Å². The van der Waals surface area contributed by atoms with E-state index >= 15 is 0 Å². The summed E-state index contributed by atoms with van der Waals surface area (Å²) in [7, 11) is 1.83. The van der Waals surface area contributed by atoms with Gasteiger partial charge in [0.1, 0.15) is 17.3 Å². The van der Waals surface area contributed by atoms with E-state index in [0.29, 0.717) is 0 Å². The fraction of sp³-hybridized carbons (Fsp3) is 0.0625. The smallest absolute Gasteiger partial charge is 0.142 e. The van der Waals surface area contributed by atoms with Crippen LogP contribution in [0.2, 0.25) is 0 Å². The number of anilines is 1. The van der Waals surface area contributed by atoms with Crippen LogP contribution in [-0.2, 0) is 0 Å². The van der Waals surface area contributed by atoms with Gasteiger partial charge < -0.3 is 10.1 Å². The van der Waals surface area contributed by atoms with Crippen molar-refractivity contribution in [1.82, 2.24) is 4.98 Å². The molecule has 0 aliphatic heterocycles. The van der Waals surface area contributed by atoms with E-state index < -0.39 is 0 Å². The Hall–Kier alpha value is -2.07. The first-order chi connectivity index (χ1) is 9.78. The SMILES string of the molecule is CNc1cc(Oc2ccc3ccccc3c2Br)ccn1. The van der Waals surface area contributed by atoms with Crippen molar-refractivity contribution in [3.05, 3.63) is 59.2 Å². The third kappa shape index (κ3) is 2.47. The Morgan fingerprint density at radius 2 is 1.95 bits per heavy atom. The molecule has 1 aromatic heterocycles. The van der Waals surface area contributed by atoms with E-state index in [4.69, 9.17) is 4.74 Å². The van der Waals surface area contributed by atoms with Crippen molar-refractivity contribution >= 4 is 32.5 Å². The van der Waals surface area contributed by atoms with E-state index in [1.165, 1.54) is 5.39 Å². The highest BCUT2D eigenvalue weighted by Crippen LogP contribution is 2.35. The lowest BCUT2D eigenvalue weighted by atomic mass is 10.1. The molecule has 2 aromatic carbocycles. The summed E-state index contributed by atoms with van der Waals surface area (Å²) in [5, 5.41) is 5.30. The second-order valence-corrected chi connectivity index (χ2v) is 5.12. The van der Waals surface area contributed by atoms with Gasteiger partial charge in [-0.05, 0) is 38.8 Å². The van der Waals surface area contributed by atoms with Crippen LogP contribution < -0.4 is 10.1 Å². The lowest BCUT2D eigenvalue weighted by molar-refractivity contribution is 0.480. The maximum atomic E-state index is 5.93.